The van der Waals surface area contributed by atoms with Crippen LogP contribution >= 0.6 is 0 Å². The molecule has 112 valence electrons. The minimum atomic E-state index is -0.963. The fourth-order valence-corrected chi connectivity index (χ4v) is 3.21. The Hall–Kier alpha value is -2.11. The van der Waals surface area contributed by atoms with Gasteiger partial charge >= 0.3 is 5.97 Å². The number of pyridine rings is 1. The molecule has 2 N–H and O–H groups in total. The van der Waals surface area contributed by atoms with Crippen LogP contribution in [0.3, 0.4) is 0 Å². The molecule has 2 unspecified atom stereocenters. The Labute approximate surface area is 123 Å². The summed E-state index contributed by atoms with van der Waals surface area (Å²) in [4.78, 5) is 15.6. The van der Waals surface area contributed by atoms with Gasteiger partial charge in [-0.05, 0) is 18.3 Å². The number of aromatic carboxylic acids is 1. The third-order valence-corrected chi connectivity index (χ3v) is 4.57. The summed E-state index contributed by atoms with van der Waals surface area (Å²) >= 11 is 0. The lowest BCUT2D eigenvalue weighted by Gasteiger charge is -2.18. The summed E-state index contributed by atoms with van der Waals surface area (Å²) in [7, 11) is 1.80. The average Bonchev–Trinajstić information content (AvgIpc) is 3.03. The van der Waals surface area contributed by atoms with Crippen molar-refractivity contribution in [2.75, 3.05) is 11.9 Å². The first-order chi connectivity index (χ1) is 10.1. The first-order valence-electron chi connectivity index (χ1n) is 7.35. The molecule has 1 aliphatic carbocycles. The molecule has 6 nitrogen and oxygen atoms in total. The molecule has 6 heteroatoms. The van der Waals surface area contributed by atoms with Crippen LogP contribution < -0.4 is 5.32 Å². The van der Waals surface area contributed by atoms with Gasteiger partial charge in [0.15, 0.2) is 5.65 Å². The Morgan fingerprint density at radius 3 is 2.95 bits per heavy atom. The maximum atomic E-state index is 11.4. The van der Waals surface area contributed by atoms with Crippen LogP contribution in [0, 0.1) is 11.8 Å². The highest BCUT2D eigenvalue weighted by molar-refractivity contribution is 6.03. The summed E-state index contributed by atoms with van der Waals surface area (Å²) in [6.45, 7) is 3.07. The van der Waals surface area contributed by atoms with Gasteiger partial charge in [-0.15, -0.1) is 0 Å². The van der Waals surface area contributed by atoms with Gasteiger partial charge in [0.2, 0.25) is 0 Å². The third kappa shape index (κ3) is 2.46. The molecular weight excluding hydrogens is 268 g/mol. The largest absolute Gasteiger partial charge is 0.478 e. The van der Waals surface area contributed by atoms with Crippen molar-refractivity contribution in [3.8, 4) is 0 Å². The van der Waals surface area contributed by atoms with E-state index in [2.05, 4.69) is 22.3 Å². The third-order valence-electron chi connectivity index (χ3n) is 4.57. The molecule has 0 aromatic carbocycles. The number of carbonyl (C=O) groups is 1. The first-order valence-corrected chi connectivity index (χ1v) is 7.35. The number of carboxylic acids is 1. The van der Waals surface area contributed by atoms with Gasteiger partial charge in [0.25, 0.3) is 0 Å². The van der Waals surface area contributed by atoms with Gasteiger partial charge in [0.05, 0.1) is 17.3 Å². The quantitative estimate of drug-likeness (QED) is 0.903. The molecule has 3 rings (SSSR count). The molecular formula is C15H20N4O2. The lowest BCUT2D eigenvalue weighted by Crippen LogP contribution is -2.18. The van der Waals surface area contributed by atoms with Crippen molar-refractivity contribution in [1.82, 2.24) is 14.8 Å². The number of aryl methyl sites for hydroxylation is 1. The van der Waals surface area contributed by atoms with E-state index < -0.39 is 5.97 Å². The van der Waals surface area contributed by atoms with Crippen LogP contribution in [0.15, 0.2) is 12.4 Å². The van der Waals surface area contributed by atoms with Gasteiger partial charge in [-0.3, -0.25) is 4.68 Å². The van der Waals surface area contributed by atoms with Gasteiger partial charge in [0, 0.05) is 19.8 Å². The molecule has 0 bridgehead atoms. The second kappa shape index (κ2) is 5.35. The number of carboxylic acid groups (broad SMARTS) is 1. The SMILES string of the molecule is CC1CCCC1CNc1c(C(=O)O)cnc2c1cnn2C. The van der Waals surface area contributed by atoms with E-state index in [9.17, 15) is 9.90 Å². The molecule has 1 saturated carbocycles. The topological polar surface area (TPSA) is 80.0 Å². The Bertz CT molecular complexity index is 680. The van der Waals surface area contributed by atoms with E-state index >= 15 is 0 Å². The number of hydrogen-bond donors (Lipinski definition) is 2. The Balaban J connectivity index is 1.94. The van der Waals surface area contributed by atoms with Crippen LogP contribution in [0.4, 0.5) is 5.69 Å². The second-order valence-electron chi connectivity index (χ2n) is 5.91. The highest BCUT2D eigenvalue weighted by atomic mass is 16.4. The van der Waals surface area contributed by atoms with E-state index in [1.165, 1.54) is 25.5 Å². The Morgan fingerprint density at radius 2 is 2.29 bits per heavy atom. The lowest BCUT2D eigenvalue weighted by atomic mass is 9.98. The van der Waals surface area contributed by atoms with Crippen LogP contribution in [0.2, 0.25) is 0 Å². The molecule has 1 aliphatic rings. The van der Waals surface area contributed by atoms with Crippen LogP contribution in [0.1, 0.15) is 36.5 Å². The number of hydrogen-bond acceptors (Lipinski definition) is 4. The summed E-state index contributed by atoms with van der Waals surface area (Å²) in [6, 6.07) is 0. The van der Waals surface area contributed by atoms with E-state index in [-0.39, 0.29) is 5.56 Å². The predicted molar refractivity (Wildman–Crippen MR) is 80.5 cm³/mol. The highest BCUT2D eigenvalue weighted by Crippen LogP contribution is 2.32. The summed E-state index contributed by atoms with van der Waals surface area (Å²) < 4.78 is 1.66. The molecule has 2 aromatic rings. The van der Waals surface area contributed by atoms with Crippen molar-refractivity contribution < 1.29 is 9.90 Å². The van der Waals surface area contributed by atoms with Crippen LogP contribution in [0.25, 0.3) is 11.0 Å². The number of aromatic nitrogens is 3. The van der Waals surface area contributed by atoms with E-state index in [0.29, 0.717) is 23.2 Å². The van der Waals surface area contributed by atoms with E-state index in [1.807, 2.05) is 0 Å². The minimum absolute atomic E-state index is 0.209. The molecule has 2 heterocycles. The number of nitrogens with zero attached hydrogens (tertiary/aromatic N) is 3. The van der Waals surface area contributed by atoms with Crippen LogP contribution in [-0.4, -0.2) is 32.4 Å². The van der Waals surface area contributed by atoms with Crippen molar-refractivity contribution in [2.45, 2.75) is 26.2 Å². The molecule has 2 atom stereocenters. The van der Waals surface area contributed by atoms with Gasteiger partial charge in [-0.25, -0.2) is 9.78 Å². The van der Waals surface area contributed by atoms with Gasteiger partial charge in [-0.2, -0.15) is 5.10 Å². The zero-order valence-corrected chi connectivity index (χ0v) is 12.3. The summed E-state index contributed by atoms with van der Waals surface area (Å²) in [5.74, 6) is 0.332. The predicted octanol–water partition coefficient (Wildman–Crippen LogP) is 2.51. The van der Waals surface area contributed by atoms with Crippen molar-refractivity contribution in [2.24, 2.45) is 18.9 Å². The summed E-state index contributed by atoms with van der Waals surface area (Å²) in [6.07, 6.45) is 6.81. The fourth-order valence-electron chi connectivity index (χ4n) is 3.21. The number of anilines is 1. The number of nitrogens with one attached hydrogen (secondary N) is 1. The zero-order chi connectivity index (χ0) is 15.0. The lowest BCUT2D eigenvalue weighted by molar-refractivity contribution is 0.0697. The smallest absolute Gasteiger partial charge is 0.339 e. The average molecular weight is 288 g/mol. The monoisotopic (exact) mass is 288 g/mol. The van der Waals surface area contributed by atoms with Crippen molar-refractivity contribution in [3.05, 3.63) is 18.0 Å². The maximum Gasteiger partial charge on any atom is 0.339 e. The second-order valence-corrected chi connectivity index (χ2v) is 5.91. The van der Waals surface area contributed by atoms with E-state index in [1.54, 1.807) is 17.9 Å². The molecule has 0 radical (unpaired) electrons. The first kappa shape index (κ1) is 13.9. The summed E-state index contributed by atoms with van der Waals surface area (Å²) in [5.41, 5.74) is 1.54. The van der Waals surface area contributed by atoms with E-state index in [4.69, 9.17) is 0 Å². The van der Waals surface area contributed by atoms with Crippen LogP contribution in [-0.2, 0) is 7.05 Å². The van der Waals surface area contributed by atoms with Gasteiger partial charge in [0.1, 0.15) is 5.56 Å². The Morgan fingerprint density at radius 1 is 1.48 bits per heavy atom. The van der Waals surface area contributed by atoms with E-state index in [0.717, 1.165) is 11.9 Å². The fraction of sp³-hybridized carbons (Fsp3) is 0.533. The van der Waals surface area contributed by atoms with Crippen molar-refractivity contribution in [3.63, 3.8) is 0 Å². The highest BCUT2D eigenvalue weighted by Gasteiger charge is 2.24. The van der Waals surface area contributed by atoms with Crippen LogP contribution in [0.5, 0.6) is 0 Å². The molecule has 0 amide bonds. The zero-order valence-electron chi connectivity index (χ0n) is 12.3. The molecule has 1 fully saturated rings. The minimum Gasteiger partial charge on any atom is -0.478 e. The van der Waals surface area contributed by atoms with Crippen molar-refractivity contribution in [1.29, 1.82) is 0 Å². The molecule has 0 aliphatic heterocycles. The molecule has 0 saturated heterocycles. The normalized spacial score (nSPS) is 21.8. The summed E-state index contributed by atoms with van der Waals surface area (Å²) in [5, 5.41) is 17.7. The number of rotatable bonds is 4. The van der Waals surface area contributed by atoms with Gasteiger partial charge < -0.3 is 10.4 Å². The number of fused-ring (bicyclic) bond motifs is 1. The molecule has 2 aromatic heterocycles. The van der Waals surface area contributed by atoms with Gasteiger partial charge in [-0.1, -0.05) is 19.8 Å². The van der Waals surface area contributed by atoms with Crippen molar-refractivity contribution >= 4 is 22.7 Å². The Kier molecular flexibility index (Phi) is 3.53. The molecule has 0 spiro atoms. The standard InChI is InChI=1S/C15H20N4O2/c1-9-4-3-5-10(9)6-16-13-11-8-18-19(2)14(11)17-7-12(13)15(20)21/h7-10H,3-6H2,1-2H3,(H,16,17)(H,20,21). The molecule has 21 heavy (non-hydrogen) atoms. The maximum absolute atomic E-state index is 11.4.